The van der Waals surface area contributed by atoms with E-state index in [1.165, 1.54) is 0 Å². The SMILES string of the molecule is COc1ccc2cc(-c3nc(-c4ccc([S@](C)=O)cc4C)[nH]c3-c3ccncc3)ccc2c1. The van der Waals surface area contributed by atoms with Crippen molar-refractivity contribution in [3.8, 4) is 39.7 Å². The van der Waals surface area contributed by atoms with E-state index in [9.17, 15) is 4.21 Å². The van der Waals surface area contributed by atoms with Crippen LogP contribution in [0.1, 0.15) is 5.56 Å². The molecule has 0 aliphatic heterocycles. The molecule has 0 fully saturated rings. The highest BCUT2D eigenvalue weighted by molar-refractivity contribution is 7.84. The second-order valence-electron chi connectivity index (χ2n) is 7.90. The van der Waals surface area contributed by atoms with Gasteiger partial charge in [0.15, 0.2) is 0 Å². The molecule has 0 radical (unpaired) electrons. The van der Waals surface area contributed by atoms with E-state index in [1.54, 1.807) is 25.8 Å². The zero-order chi connectivity index (χ0) is 22.9. The molecular weight excluding hydrogens is 430 g/mol. The number of hydrogen-bond acceptors (Lipinski definition) is 4. The third kappa shape index (κ3) is 4.05. The van der Waals surface area contributed by atoms with Crippen LogP contribution in [0.5, 0.6) is 5.75 Å². The minimum absolute atomic E-state index is 0.776. The van der Waals surface area contributed by atoms with Crippen LogP contribution in [0.3, 0.4) is 0 Å². The lowest BCUT2D eigenvalue weighted by Gasteiger charge is -2.06. The molecule has 5 rings (SSSR count). The van der Waals surface area contributed by atoms with Gasteiger partial charge in [0.2, 0.25) is 0 Å². The Labute approximate surface area is 195 Å². The molecule has 5 nitrogen and oxygen atoms in total. The van der Waals surface area contributed by atoms with Crippen LogP contribution in [0.2, 0.25) is 0 Å². The van der Waals surface area contributed by atoms with E-state index in [2.05, 4.69) is 34.2 Å². The maximum Gasteiger partial charge on any atom is 0.138 e. The topological polar surface area (TPSA) is 67.9 Å². The van der Waals surface area contributed by atoms with Crippen molar-refractivity contribution in [3.05, 3.63) is 84.7 Å². The van der Waals surface area contributed by atoms with Crippen LogP contribution in [0.4, 0.5) is 0 Å². The quantitative estimate of drug-likeness (QED) is 0.354. The molecule has 0 aliphatic rings. The number of ether oxygens (including phenoxy) is 1. The van der Waals surface area contributed by atoms with E-state index >= 15 is 0 Å². The Morgan fingerprint density at radius 3 is 2.36 bits per heavy atom. The molecule has 0 aliphatic carbocycles. The number of hydrogen-bond donors (Lipinski definition) is 1. The zero-order valence-electron chi connectivity index (χ0n) is 18.6. The summed E-state index contributed by atoms with van der Waals surface area (Å²) in [5.74, 6) is 1.61. The van der Waals surface area contributed by atoms with Crippen LogP contribution < -0.4 is 4.74 Å². The van der Waals surface area contributed by atoms with Gasteiger partial charge >= 0.3 is 0 Å². The summed E-state index contributed by atoms with van der Waals surface area (Å²) < 4.78 is 17.3. The number of benzene rings is 3. The number of rotatable bonds is 5. The summed E-state index contributed by atoms with van der Waals surface area (Å²) in [6.45, 7) is 2.02. The Morgan fingerprint density at radius 2 is 1.64 bits per heavy atom. The number of aromatic nitrogens is 3. The van der Waals surface area contributed by atoms with Crippen LogP contribution >= 0.6 is 0 Å². The number of aromatic amines is 1. The van der Waals surface area contributed by atoms with Crippen molar-refractivity contribution in [3.63, 3.8) is 0 Å². The highest BCUT2D eigenvalue weighted by atomic mass is 32.2. The van der Waals surface area contributed by atoms with Crippen molar-refractivity contribution >= 4 is 21.6 Å². The van der Waals surface area contributed by atoms with Gasteiger partial charge in [0, 0.05) is 51.0 Å². The van der Waals surface area contributed by atoms with Gasteiger partial charge in [-0.05, 0) is 71.8 Å². The van der Waals surface area contributed by atoms with Gasteiger partial charge in [-0.15, -0.1) is 0 Å². The first-order chi connectivity index (χ1) is 16.0. The maximum atomic E-state index is 11.9. The van der Waals surface area contributed by atoms with E-state index < -0.39 is 10.8 Å². The van der Waals surface area contributed by atoms with Crippen molar-refractivity contribution < 1.29 is 8.95 Å². The monoisotopic (exact) mass is 453 g/mol. The lowest BCUT2D eigenvalue weighted by Crippen LogP contribution is -1.91. The van der Waals surface area contributed by atoms with Gasteiger partial charge in [0.1, 0.15) is 11.6 Å². The number of aryl methyl sites for hydroxylation is 1. The molecule has 33 heavy (non-hydrogen) atoms. The Bertz CT molecular complexity index is 1490. The molecule has 0 bridgehead atoms. The minimum Gasteiger partial charge on any atom is -0.497 e. The van der Waals surface area contributed by atoms with Crippen molar-refractivity contribution in [1.82, 2.24) is 15.0 Å². The van der Waals surface area contributed by atoms with Crippen LogP contribution in [-0.2, 0) is 10.8 Å². The molecule has 5 aromatic rings. The Hall–Kier alpha value is -3.77. The summed E-state index contributed by atoms with van der Waals surface area (Å²) in [4.78, 5) is 13.5. The standard InChI is InChI=1S/C27H23N3O2S/c1-17-14-23(33(3)31)8-9-24(17)27-29-25(18-10-12-28-13-11-18)26(30-27)21-5-4-20-16-22(32-2)7-6-19(20)15-21/h4-16H,1-3H3,(H,29,30)/t33-/m0/s1. The molecule has 3 aromatic carbocycles. The maximum absolute atomic E-state index is 11.9. The van der Waals surface area contributed by atoms with Gasteiger partial charge in [-0.25, -0.2) is 4.98 Å². The number of nitrogens with one attached hydrogen (secondary N) is 1. The molecule has 1 N–H and O–H groups in total. The Morgan fingerprint density at radius 1 is 0.879 bits per heavy atom. The van der Waals surface area contributed by atoms with Crippen molar-refractivity contribution in [1.29, 1.82) is 0 Å². The summed E-state index contributed by atoms with van der Waals surface area (Å²) in [6, 6.07) is 22.2. The van der Waals surface area contributed by atoms with E-state index in [-0.39, 0.29) is 0 Å². The lowest BCUT2D eigenvalue weighted by molar-refractivity contribution is 0.415. The van der Waals surface area contributed by atoms with Crippen molar-refractivity contribution in [2.24, 2.45) is 0 Å². The number of H-pyrrole nitrogens is 1. The summed E-state index contributed by atoms with van der Waals surface area (Å²) in [5, 5.41) is 2.22. The Kier molecular flexibility index (Phi) is 5.52. The number of imidazole rings is 1. The highest BCUT2D eigenvalue weighted by Gasteiger charge is 2.17. The molecule has 1 atom stereocenters. The molecule has 2 heterocycles. The second kappa shape index (κ2) is 8.64. The third-order valence-corrected chi connectivity index (χ3v) is 6.70. The smallest absolute Gasteiger partial charge is 0.138 e. The van der Waals surface area contributed by atoms with Crippen LogP contribution in [0.15, 0.2) is 84.0 Å². The first-order valence-electron chi connectivity index (χ1n) is 10.6. The van der Waals surface area contributed by atoms with Crippen molar-refractivity contribution in [2.45, 2.75) is 11.8 Å². The average molecular weight is 454 g/mol. The lowest BCUT2D eigenvalue weighted by atomic mass is 10.0. The highest BCUT2D eigenvalue weighted by Crippen LogP contribution is 2.35. The summed E-state index contributed by atoms with van der Waals surface area (Å²) in [7, 11) is 0.650. The van der Waals surface area contributed by atoms with Gasteiger partial charge in [0.05, 0.1) is 18.5 Å². The zero-order valence-corrected chi connectivity index (χ0v) is 19.4. The number of fused-ring (bicyclic) bond motifs is 1. The van der Waals surface area contributed by atoms with Crippen LogP contribution in [-0.4, -0.2) is 32.5 Å². The minimum atomic E-state index is -1.02. The summed E-state index contributed by atoms with van der Waals surface area (Å²) >= 11 is 0. The third-order valence-electron chi connectivity index (χ3n) is 5.78. The predicted octanol–water partition coefficient (Wildman–Crippen LogP) is 6.01. The largest absolute Gasteiger partial charge is 0.497 e. The average Bonchev–Trinajstić information content (AvgIpc) is 3.29. The molecule has 2 aromatic heterocycles. The molecule has 0 spiro atoms. The number of nitrogens with zero attached hydrogens (tertiary/aromatic N) is 2. The van der Waals surface area contributed by atoms with Gasteiger partial charge in [-0.1, -0.05) is 18.2 Å². The first-order valence-corrected chi connectivity index (χ1v) is 12.1. The van der Waals surface area contributed by atoms with E-state index in [0.717, 1.165) is 60.9 Å². The fourth-order valence-corrected chi connectivity index (χ4v) is 4.62. The van der Waals surface area contributed by atoms with Crippen LogP contribution in [0.25, 0.3) is 44.7 Å². The molecule has 164 valence electrons. The normalized spacial score (nSPS) is 12.1. The number of pyridine rings is 1. The summed E-state index contributed by atoms with van der Waals surface area (Å²) in [6.07, 6.45) is 5.25. The van der Waals surface area contributed by atoms with Gasteiger partial charge in [0.25, 0.3) is 0 Å². The van der Waals surface area contributed by atoms with Crippen LogP contribution in [0, 0.1) is 6.92 Å². The molecule has 6 heteroatoms. The molecule has 0 saturated heterocycles. The van der Waals surface area contributed by atoms with Gasteiger partial charge in [-0.2, -0.15) is 0 Å². The summed E-state index contributed by atoms with van der Waals surface area (Å²) in [5.41, 5.74) is 5.84. The first kappa shape index (κ1) is 21.1. The van der Waals surface area contributed by atoms with E-state index in [0.29, 0.717) is 0 Å². The predicted molar refractivity (Wildman–Crippen MR) is 134 cm³/mol. The number of methoxy groups -OCH3 is 1. The van der Waals surface area contributed by atoms with Gasteiger partial charge < -0.3 is 9.72 Å². The van der Waals surface area contributed by atoms with Gasteiger partial charge in [-0.3, -0.25) is 9.19 Å². The van der Waals surface area contributed by atoms with Crippen molar-refractivity contribution in [2.75, 3.05) is 13.4 Å². The Balaban J connectivity index is 1.68. The molecule has 0 saturated carbocycles. The second-order valence-corrected chi connectivity index (χ2v) is 9.28. The fourth-order valence-electron chi connectivity index (χ4n) is 4.02. The van der Waals surface area contributed by atoms with E-state index in [1.807, 2.05) is 49.4 Å². The molecule has 0 unspecified atom stereocenters. The molecule has 0 amide bonds. The van der Waals surface area contributed by atoms with E-state index in [4.69, 9.17) is 9.72 Å². The molecular formula is C27H23N3O2S. The fraction of sp³-hybridized carbons (Fsp3) is 0.111.